The lowest BCUT2D eigenvalue weighted by Gasteiger charge is -2.29. The summed E-state index contributed by atoms with van der Waals surface area (Å²) in [6, 6.07) is 17.1. The summed E-state index contributed by atoms with van der Waals surface area (Å²) < 4.78 is 0. The summed E-state index contributed by atoms with van der Waals surface area (Å²) in [4.78, 5) is 7.41. The van der Waals surface area contributed by atoms with Gasteiger partial charge in [0.25, 0.3) is 0 Å². The Labute approximate surface area is 131 Å². The van der Waals surface area contributed by atoms with Gasteiger partial charge in [0, 0.05) is 23.9 Å². The van der Waals surface area contributed by atoms with Gasteiger partial charge in [-0.25, -0.2) is 4.98 Å². The summed E-state index contributed by atoms with van der Waals surface area (Å²) in [5, 5.41) is 3.86. The predicted octanol–water partition coefficient (Wildman–Crippen LogP) is 4.80. The highest BCUT2D eigenvalue weighted by Gasteiger charge is 2.16. The Hall–Kier alpha value is -1.80. The minimum atomic E-state index is 0. The number of pyridine rings is 1. The molecule has 4 rings (SSSR count). The summed E-state index contributed by atoms with van der Waals surface area (Å²) >= 11 is 0. The monoisotopic (exact) mass is 298 g/mol. The van der Waals surface area contributed by atoms with Crippen LogP contribution in [-0.2, 0) is 0 Å². The molecule has 0 amide bonds. The molecule has 1 aliphatic rings. The van der Waals surface area contributed by atoms with E-state index in [1.807, 2.05) is 0 Å². The van der Waals surface area contributed by atoms with Crippen molar-refractivity contribution < 1.29 is 0 Å². The molecule has 21 heavy (non-hydrogen) atoms. The van der Waals surface area contributed by atoms with Gasteiger partial charge in [-0.3, -0.25) is 0 Å². The van der Waals surface area contributed by atoms with E-state index in [0.717, 1.165) is 18.6 Å². The van der Waals surface area contributed by atoms with Crippen molar-refractivity contribution in [2.45, 2.75) is 19.3 Å². The summed E-state index contributed by atoms with van der Waals surface area (Å²) in [5.74, 6) is 1.17. The topological polar surface area (TPSA) is 16.1 Å². The van der Waals surface area contributed by atoms with Crippen molar-refractivity contribution in [1.29, 1.82) is 0 Å². The molecule has 2 heterocycles. The normalized spacial score (nSPS) is 15.1. The van der Waals surface area contributed by atoms with Crippen LogP contribution < -0.4 is 4.90 Å². The number of aromatic nitrogens is 1. The third-order valence-electron chi connectivity index (χ3n) is 4.24. The van der Waals surface area contributed by atoms with Crippen molar-refractivity contribution in [3.05, 3.63) is 48.5 Å². The molecule has 2 aromatic carbocycles. The van der Waals surface area contributed by atoms with Crippen LogP contribution in [-0.4, -0.2) is 18.1 Å². The second-order valence-electron chi connectivity index (χ2n) is 5.55. The molecule has 0 atom stereocenters. The molecular weight excluding hydrogens is 280 g/mol. The Morgan fingerprint density at radius 2 is 1.33 bits per heavy atom. The Balaban J connectivity index is 0.00000132. The number of nitrogens with zero attached hydrogens (tertiary/aromatic N) is 2. The first-order valence-corrected chi connectivity index (χ1v) is 7.46. The van der Waals surface area contributed by atoms with Gasteiger partial charge in [0.15, 0.2) is 0 Å². The maximum absolute atomic E-state index is 4.95. The fourth-order valence-electron chi connectivity index (χ4n) is 3.23. The molecule has 3 heteroatoms. The number of anilines is 1. The van der Waals surface area contributed by atoms with Crippen LogP contribution >= 0.6 is 12.4 Å². The molecule has 0 bridgehead atoms. The van der Waals surface area contributed by atoms with Crippen molar-refractivity contribution in [2.24, 2.45) is 0 Å². The van der Waals surface area contributed by atoms with E-state index in [1.165, 1.54) is 41.2 Å². The number of piperidine rings is 1. The molecule has 3 aromatic rings. The SMILES string of the molecule is Cl.c1ccc2c(c1)nc(N1CCCCC1)c1ccccc12. The second-order valence-corrected chi connectivity index (χ2v) is 5.55. The van der Waals surface area contributed by atoms with Crippen LogP contribution in [0.2, 0.25) is 0 Å². The van der Waals surface area contributed by atoms with E-state index in [0.29, 0.717) is 0 Å². The smallest absolute Gasteiger partial charge is 0.137 e. The highest BCUT2D eigenvalue weighted by atomic mass is 35.5. The van der Waals surface area contributed by atoms with E-state index >= 15 is 0 Å². The zero-order valence-electron chi connectivity index (χ0n) is 12.0. The van der Waals surface area contributed by atoms with Crippen LogP contribution in [0, 0.1) is 0 Å². The molecule has 2 nitrogen and oxygen atoms in total. The maximum atomic E-state index is 4.95. The van der Waals surface area contributed by atoms with E-state index in [9.17, 15) is 0 Å². The highest BCUT2D eigenvalue weighted by molar-refractivity contribution is 6.10. The zero-order valence-corrected chi connectivity index (χ0v) is 12.8. The van der Waals surface area contributed by atoms with Crippen molar-refractivity contribution in [3.63, 3.8) is 0 Å². The Bertz CT molecular complexity index is 763. The first kappa shape index (κ1) is 14.2. The van der Waals surface area contributed by atoms with E-state index in [4.69, 9.17) is 4.98 Å². The fraction of sp³-hybridized carbons (Fsp3) is 0.278. The van der Waals surface area contributed by atoms with E-state index in [-0.39, 0.29) is 12.4 Å². The maximum Gasteiger partial charge on any atom is 0.137 e. The number of para-hydroxylation sites is 1. The van der Waals surface area contributed by atoms with E-state index in [1.54, 1.807) is 0 Å². The van der Waals surface area contributed by atoms with Crippen LogP contribution in [0.1, 0.15) is 19.3 Å². The van der Waals surface area contributed by atoms with Crippen molar-refractivity contribution in [2.75, 3.05) is 18.0 Å². The Kier molecular flexibility index (Phi) is 3.98. The predicted molar refractivity (Wildman–Crippen MR) is 92.6 cm³/mol. The minimum Gasteiger partial charge on any atom is -0.356 e. The largest absolute Gasteiger partial charge is 0.356 e. The van der Waals surface area contributed by atoms with Crippen molar-refractivity contribution >= 4 is 39.9 Å². The molecular formula is C18H19ClN2. The van der Waals surface area contributed by atoms with Gasteiger partial charge in [-0.05, 0) is 30.7 Å². The molecule has 0 saturated carbocycles. The molecule has 1 saturated heterocycles. The summed E-state index contributed by atoms with van der Waals surface area (Å²) in [7, 11) is 0. The number of halogens is 1. The average Bonchev–Trinajstić information content (AvgIpc) is 2.55. The number of hydrogen-bond donors (Lipinski definition) is 0. The zero-order chi connectivity index (χ0) is 13.4. The summed E-state index contributed by atoms with van der Waals surface area (Å²) in [5.41, 5.74) is 1.10. The van der Waals surface area contributed by atoms with Gasteiger partial charge in [-0.2, -0.15) is 0 Å². The van der Waals surface area contributed by atoms with Gasteiger partial charge in [0.1, 0.15) is 5.82 Å². The fourth-order valence-corrected chi connectivity index (χ4v) is 3.23. The molecule has 108 valence electrons. The molecule has 0 unspecified atom stereocenters. The van der Waals surface area contributed by atoms with Crippen molar-refractivity contribution in [3.8, 4) is 0 Å². The lowest BCUT2D eigenvalue weighted by atomic mass is 10.0. The Morgan fingerprint density at radius 1 is 0.714 bits per heavy atom. The van der Waals surface area contributed by atoms with Gasteiger partial charge in [-0.15, -0.1) is 12.4 Å². The van der Waals surface area contributed by atoms with Crippen LogP contribution in [0.25, 0.3) is 21.7 Å². The number of rotatable bonds is 1. The third kappa shape index (κ3) is 2.44. The standard InChI is InChI=1S/C18H18N2.ClH/c1-6-12-20(13-7-1)18-16-10-3-2-8-14(16)15-9-4-5-11-17(15)19-18;/h2-5,8-11H,1,6-7,12-13H2;1H. The lowest BCUT2D eigenvalue weighted by molar-refractivity contribution is 0.575. The van der Waals surface area contributed by atoms with Gasteiger partial charge < -0.3 is 4.90 Å². The third-order valence-corrected chi connectivity index (χ3v) is 4.24. The van der Waals surface area contributed by atoms with E-state index < -0.39 is 0 Å². The second kappa shape index (κ2) is 5.90. The molecule has 1 fully saturated rings. The Morgan fingerprint density at radius 3 is 2.10 bits per heavy atom. The van der Waals surface area contributed by atoms with Gasteiger partial charge in [-0.1, -0.05) is 42.5 Å². The average molecular weight is 299 g/mol. The first-order valence-electron chi connectivity index (χ1n) is 7.46. The van der Waals surface area contributed by atoms with Crippen LogP contribution in [0.3, 0.4) is 0 Å². The van der Waals surface area contributed by atoms with Gasteiger partial charge in [0.05, 0.1) is 5.52 Å². The molecule has 0 spiro atoms. The number of fused-ring (bicyclic) bond motifs is 3. The minimum absolute atomic E-state index is 0. The van der Waals surface area contributed by atoms with Crippen LogP contribution in [0.4, 0.5) is 5.82 Å². The van der Waals surface area contributed by atoms with Crippen LogP contribution in [0.15, 0.2) is 48.5 Å². The van der Waals surface area contributed by atoms with Gasteiger partial charge in [0.2, 0.25) is 0 Å². The van der Waals surface area contributed by atoms with Crippen molar-refractivity contribution in [1.82, 2.24) is 4.98 Å². The molecule has 0 aliphatic carbocycles. The number of benzene rings is 2. The summed E-state index contributed by atoms with van der Waals surface area (Å²) in [6.45, 7) is 2.27. The quantitative estimate of drug-likeness (QED) is 0.600. The summed E-state index contributed by atoms with van der Waals surface area (Å²) in [6.07, 6.45) is 3.91. The van der Waals surface area contributed by atoms with Gasteiger partial charge >= 0.3 is 0 Å². The molecule has 1 aliphatic heterocycles. The highest BCUT2D eigenvalue weighted by Crippen LogP contribution is 2.32. The lowest BCUT2D eigenvalue weighted by Crippen LogP contribution is -2.30. The molecule has 0 radical (unpaired) electrons. The molecule has 1 aromatic heterocycles. The van der Waals surface area contributed by atoms with E-state index in [2.05, 4.69) is 53.4 Å². The molecule has 0 N–H and O–H groups in total. The first-order chi connectivity index (χ1) is 9.93. The number of hydrogen-bond acceptors (Lipinski definition) is 2. The van der Waals surface area contributed by atoms with Crippen LogP contribution in [0.5, 0.6) is 0 Å².